The van der Waals surface area contributed by atoms with Crippen LogP contribution in [0.25, 0.3) is 22.5 Å². The Labute approximate surface area is 232 Å². The molecule has 0 aliphatic carbocycles. The molecule has 0 aliphatic heterocycles. The number of nitrogens with zero attached hydrogens (tertiary/aromatic N) is 4. The summed E-state index contributed by atoms with van der Waals surface area (Å²) in [5, 5.41) is 16.6. The summed E-state index contributed by atoms with van der Waals surface area (Å²) >= 11 is 0. The number of carbonyl (C=O) groups excluding carboxylic acids is 2. The van der Waals surface area contributed by atoms with Crippen LogP contribution in [-0.2, 0) is 4.79 Å². The molecule has 1 N–H and O–H groups in total. The first-order valence-corrected chi connectivity index (χ1v) is 12.7. The Morgan fingerprint density at radius 2 is 1.43 bits per heavy atom. The van der Waals surface area contributed by atoms with Crippen molar-refractivity contribution in [3.05, 3.63) is 115 Å². The van der Waals surface area contributed by atoms with Crippen molar-refractivity contribution in [2.75, 3.05) is 12.4 Å². The lowest BCUT2D eigenvalue weighted by Gasteiger charge is -2.08. The Bertz CT molecular complexity index is 1660. The molecule has 0 unspecified atom stereocenters. The number of anilines is 1. The van der Waals surface area contributed by atoms with E-state index in [2.05, 4.69) is 15.5 Å². The molecule has 0 radical (unpaired) electrons. The van der Waals surface area contributed by atoms with E-state index in [1.54, 1.807) is 31.4 Å². The predicted molar refractivity (Wildman–Crippen MR) is 155 cm³/mol. The number of rotatable bonds is 8. The minimum atomic E-state index is -0.501. The number of azo groups is 1. The van der Waals surface area contributed by atoms with E-state index in [1.807, 2.05) is 91.9 Å². The maximum atomic E-state index is 13.6. The Kier molecular flexibility index (Phi) is 7.87. The van der Waals surface area contributed by atoms with Crippen LogP contribution in [-0.4, -0.2) is 28.7 Å². The lowest BCUT2D eigenvalue weighted by Crippen LogP contribution is -2.22. The summed E-state index contributed by atoms with van der Waals surface area (Å²) in [7, 11) is 1.57. The maximum Gasteiger partial charge on any atom is 0.256 e. The molecule has 8 heteroatoms. The Morgan fingerprint density at radius 3 is 2.08 bits per heavy atom. The van der Waals surface area contributed by atoms with Crippen molar-refractivity contribution < 1.29 is 14.3 Å². The van der Waals surface area contributed by atoms with Crippen LogP contribution in [0, 0.1) is 6.92 Å². The summed E-state index contributed by atoms with van der Waals surface area (Å²) in [6.45, 7) is 1.96. The van der Waals surface area contributed by atoms with Gasteiger partial charge in [0.25, 0.3) is 5.91 Å². The van der Waals surface area contributed by atoms with Crippen LogP contribution < -0.4 is 10.1 Å². The molecule has 0 atom stereocenters. The second-order valence-electron chi connectivity index (χ2n) is 9.02. The molecule has 0 aliphatic rings. The highest BCUT2D eigenvalue weighted by Crippen LogP contribution is 2.40. The molecule has 5 aromatic rings. The minimum Gasteiger partial charge on any atom is -0.497 e. The molecular weight excluding hydrogens is 502 g/mol. The van der Waals surface area contributed by atoms with Gasteiger partial charge in [0.2, 0.25) is 5.91 Å². The number of hydrogen-bond acceptors (Lipinski definition) is 6. The van der Waals surface area contributed by atoms with Crippen molar-refractivity contribution in [3.63, 3.8) is 0 Å². The van der Waals surface area contributed by atoms with Crippen LogP contribution >= 0.6 is 0 Å². The molecule has 40 heavy (non-hydrogen) atoms. The highest BCUT2D eigenvalue weighted by molar-refractivity contribution is 6.06. The molecule has 0 fully saturated rings. The zero-order valence-electron chi connectivity index (χ0n) is 22.1. The van der Waals surface area contributed by atoms with Crippen molar-refractivity contribution in [3.8, 4) is 28.3 Å². The van der Waals surface area contributed by atoms with Crippen molar-refractivity contribution >= 4 is 28.9 Å². The lowest BCUT2D eigenvalue weighted by molar-refractivity contribution is -0.115. The average molecular weight is 530 g/mol. The molecule has 4 aromatic carbocycles. The van der Waals surface area contributed by atoms with Crippen LogP contribution in [0.2, 0.25) is 0 Å². The Balaban J connectivity index is 1.57. The number of aryl methyl sites for hydroxylation is 1. The van der Waals surface area contributed by atoms with Gasteiger partial charge in [-0.05, 0) is 42.8 Å². The fourth-order valence-electron chi connectivity index (χ4n) is 4.20. The first-order chi connectivity index (χ1) is 19.5. The normalized spacial score (nSPS) is 10.9. The molecule has 1 heterocycles. The van der Waals surface area contributed by atoms with Gasteiger partial charge in [0.15, 0.2) is 0 Å². The Hall–Kier alpha value is -5.37. The van der Waals surface area contributed by atoms with E-state index in [-0.39, 0.29) is 0 Å². The third-order valence-corrected chi connectivity index (χ3v) is 6.25. The van der Waals surface area contributed by atoms with Gasteiger partial charge in [0, 0.05) is 16.8 Å². The number of carbonyl (C=O) groups is 2. The van der Waals surface area contributed by atoms with Gasteiger partial charge in [-0.1, -0.05) is 78.9 Å². The van der Waals surface area contributed by atoms with Crippen LogP contribution in [0.5, 0.6) is 5.75 Å². The van der Waals surface area contributed by atoms with E-state index in [0.717, 1.165) is 16.7 Å². The number of methoxy groups -OCH3 is 1. The van der Waals surface area contributed by atoms with Gasteiger partial charge in [0.05, 0.1) is 12.8 Å². The summed E-state index contributed by atoms with van der Waals surface area (Å²) in [5.41, 5.74) is 5.10. The number of benzene rings is 4. The van der Waals surface area contributed by atoms with E-state index in [0.29, 0.717) is 34.2 Å². The second-order valence-corrected chi connectivity index (χ2v) is 9.02. The van der Waals surface area contributed by atoms with E-state index >= 15 is 0 Å². The quantitative estimate of drug-likeness (QED) is 0.165. The predicted octanol–water partition coefficient (Wildman–Crippen LogP) is 7.62. The molecule has 0 saturated heterocycles. The SMILES string of the molecule is COc1ccc(NC(=O)CC(=O)n2nc(-c3ccccc3)c(N=Nc3ccccc3C)c2-c2ccccc2)cc1. The van der Waals surface area contributed by atoms with Crippen molar-refractivity contribution in [1.29, 1.82) is 0 Å². The largest absolute Gasteiger partial charge is 0.497 e. The van der Waals surface area contributed by atoms with Gasteiger partial charge in [-0.15, -0.1) is 5.11 Å². The number of nitrogens with one attached hydrogen (secondary N) is 1. The van der Waals surface area contributed by atoms with Gasteiger partial charge < -0.3 is 10.1 Å². The second kappa shape index (κ2) is 12.0. The summed E-state index contributed by atoms with van der Waals surface area (Å²) < 4.78 is 6.42. The molecule has 1 aromatic heterocycles. The lowest BCUT2D eigenvalue weighted by atomic mass is 10.1. The van der Waals surface area contributed by atoms with Crippen LogP contribution in [0.3, 0.4) is 0 Å². The first-order valence-electron chi connectivity index (χ1n) is 12.7. The fraction of sp³-hybridized carbons (Fsp3) is 0.0938. The monoisotopic (exact) mass is 529 g/mol. The molecule has 0 bridgehead atoms. The molecule has 1 amide bonds. The Morgan fingerprint density at radius 1 is 0.800 bits per heavy atom. The van der Waals surface area contributed by atoms with E-state index in [4.69, 9.17) is 9.84 Å². The van der Waals surface area contributed by atoms with Gasteiger partial charge in [-0.3, -0.25) is 9.59 Å². The van der Waals surface area contributed by atoms with Gasteiger partial charge >= 0.3 is 0 Å². The van der Waals surface area contributed by atoms with E-state index in [9.17, 15) is 9.59 Å². The third-order valence-electron chi connectivity index (χ3n) is 6.25. The van der Waals surface area contributed by atoms with Crippen molar-refractivity contribution in [2.24, 2.45) is 10.2 Å². The zero-order valence-corrected chi connectivity index (χ0v) is 22.1. The third kappa shape index (κ3) is 5.86. The van der Waals surface area contributed by atoms with Gasteiger partial charge in [-0.2, -0.15) is 14.9 Å². The van der Waals surface area contributed by atoms with Crippen LogP contribution in [0.4, 0.5) is 17.1 Å². The molecule has 8 nitrogen and oxygen atoms in total. The fourth-order valence-corrected chi connectivity index (χ4v) is 4.20. The number of amides is 1. The topological polar surface area (TPSA) is 97.9 Å². The first kappa shape index (κ1) is 26.2. The van der Waals surface area contributed by atoms with Crippen LogP contribution in [0.1, 0.15) is 16.8 Å². The molecule has 5 rings (SSSR count). The van der Waals surface area contributed by atoms with Gasteiger partial charge in [0.1, 0.15) is 29.2 Å². The highest BCUT2D eigenvalue weighted by atomic mass is 16.5. The summed E-state index contributed by atoms with van der Waals surface area (Å²) in [6.07, 6.45) is -0.420. The van der Waals surface area contributed by atoms with Crippen molar-refractivity contribution in [2.45, 2.75) is 13.3 Å². The smallest absolute Gasteiger partial charge is 0.256 e. The van der Waals surface area contributed by atoms with E-state index in [1.165, 1.54) is 4.68 Å². The molecule has 198 valence electrons. The molecular formula is C32H27N5O3. The zero-order chi connectivity index (χ0) is 27.9. The number of ether oxygens (including phenoxy) is 1. The summed E-state index contributed by atoms with van der Waals surface area (Å²) in [5.74, 6) is -0.299. The minimum absolute atomic E-state index is 0.420. The number of hydrogen-bond donors (Lipinski definition) is 1. The van der Waals surface area contributed by atoms with Crippen molar-refractivity contribution in [1.82, 2.24) is 9.78 Å². The van der Waals surface area contributed by atoms with Gasteiger partial charge in [-0.25, -0.2) is 0 Å². The maximum absolute atomic E-state index is 13.6. The van der Waals surface area contributed by atoms with Crippen LogP contribution in [0.15, 0.2) is 119 Å². The molecule has 0 saturated carbocycles. The standard InChI is InChI=1S/C32H27N5O3/c1-22-11-9-10-16-27(22)34-35-31-30(23-12-5-3-6-13-23)36-37(32(31)24-14-7-4-8-15-24)29(39)21-28(38)33-25-17-19-26(40-2)20-18-25/h3-20H,21H2,1-2H3,(H,33,38). The highest BCUT2D eigenvalue weighted by Gasteiger charge is 2.25. The number of aromatic nitrogens is 2. The average Bonchev–Trinajstić information content (AvgIpc) is 3.38. The van der Waals surface area contributed by atoms with E-state index < -0.39 is 18.2 Å². The summed E-state index contributed by atoms with van der Waals surface area (Å²) in [6, 6.07) is 33.4. The molecule has 0 spiro atoms. The summed E-state index contributed by atoms with van der Waals surface area (Å²) in [4.78, 5) is 26.5.